The van der Waals surface area contributed by atoms with Gasteiger partial charge in [-0.05, 0) is 38.3 Å². The van der Waals surface area contributed by atoms with Crippen molar-refractivity contribution in [2.24, 2.45) is 5.92 Å². The second-order valence-corrected chi connectivity index (χ2v) is 9.70. The Morgan fingerprint density at radius 1 is 1.26 bits per heavy atom. The van der Waals surface area contributed by atoms with Crippen LogP contribution in [0.15, 0.2) is 0 Å². The number of hydrogen-bond acceptors (Lipinski definition) is 5. The van der Waals surface area contributed by atoms with E-state index in [9.17, 15) is 16.8 Å². The lowest BCUT2D eigenvalue weighted by Gasteiger charge is -2.29. The Hall–Kier alpha value is -0.180. The SMILES string of the molecule is CCCN(CC1CCCNC1)S(=O)(=O)CS(C)(=O)=O. The van der Waals surface area contributed by atoms with Crippen LogP contribution in [0.5, 0.6) is 0 Å². The van der Waals surface area contributed by atoms with Crippen LogP contribution in [-0.2, 0) is 19.9 Å². The van der Waals surface area contributed by atoms with Gasteiger partial charge in [-0.15, -0.1) is 0 Å². The first kappa shape index (κ1) is 16.9. The number of sulfone groups is 1. The molecule has 0 aliphatic carbocycles. The summed E-state index contributed by atoms with van der Waals surface area (Å²) in [7, 11) is -7.26. The van der Waals surface area contributed by atoms with E-state index in [1.54, 1.807) is 0 Å². The molecular weight excluding hydrogens is 288 g/mol. The summed E-state index contributed by atoms with van der Waals surface area (Å²) in [4.78, 5) is 0. The molecule has 8 heteroatoms. The first-order valence-electron chi connectivity index (χ1n) is 6.61. The number of hydrogen-bond donors (Lipinski definition) is 1. The van der Waals surface area contributed by atoms with Crippen molar-refractivity contribution in [3.05, 3.63) is 0 Å². The van der Waals surface area contributed by atoms with Crippen molar-refractivity contribution in [3.8, 4) is 0 Å². The average molecular weight is 312 g/mol. The number of nitrogens with one attached hydrogen (secondary N) is 1. The molecule has 1 fully saturated rings. The van der Waals surface area contributed by atoms with E-state index >= 15 is 0 Å². The first-order valence-corrected chi connectivity index (χ1v) is 10.3. The third kappa shape index (κ3) is 6.20. The van der Waals surface area contributed by atoms with E-state index in [-0.39, 0.29) is 5.92 Å². The smallest absolute Gasteiger partial charge is 0.228 e. The van der Waals surface area contributed by atoms with Crippen molar-refractivity contribution in [1.82, 2.24) is 9.62 Å². The summed E-state index contributed by atoms with van der Waals surface area (Å²) in [5.74, 6) is 0.273. The van der Waals surface area contributed by atoms with Crippen molar-refractivity contribution in [2.75, 3.05) is 37.5 Å². The lowest BCUT2D eigenvalue weighted by atomic mass is 10.00. The van der Waals surface area contributed by atoms with Gasteiger partial charge in [-0.25, -0.2) is 21.1 Å². The van der Waals surface area contributed by atoms with Crippen LogP contribution in [-0.4, -0.2) is 58.7 Å². The van der Waals surface area contributed by atoms with Gasteiger partial charge in [-0.2, -0.15) is 0 Å². The van der Waals surface area contributed by atoms with Crippen LogP contribution in [0, 0.1) is 5.92 Å². The summed E-state index contributed by atoms with van der Waals surface area (Å²) in [6, 6.07) is 0. The highest BCUT2D eigenvalue weighted by Crippen LogP contribution is 2.15. The van der Waals surface area contributed by atoms with Crippen LogP contribution in [0.1, 0.15) is 26.2 Å². The highest BCUT2D eigenvalue weighted by molar-refractivity contribution is 8.06. The summed E-state index contributed by atoms with van der Waals surface area (Å²) in [5.41, 5.74) is 0. The Kier molecular flexibility index (Phi) is 6.22. The van der Waals surface area contributed by atoms with Gasteiger partial charge in [0.2, 0.25) is 10.0 Å². The molecular formula is C11H24N2O4S2. The Balaban J connectivity index is 2.74. The van der Waals surface area contributed by atoms with Gasteiger partial charge >= 0.3 is 0 Å². The molecule has 19 heavy (non-hydrogen) atoms. The monoisotopic (exact) mass is 312 g/mol. The maximum Gasteiger partial charge on any atom is 0.228 e. The van der Waals surface area contributed by atoms with Gasteiger partial charge in [-0.1, -0.05) is 6.92 Å². The molecule has 0 saturated carbocycles. The topological polar surface area (TPSA) is 83.6 Å². The summed E-state index contributed by atoms with van der Waals surface area (Å²) in [6.45, 7) is 4.46. The number of rotatable bonds is 7. The molecule has 1 aliphatic heterocycles. The molecule has 0 aromatic rings. The van der Waals surface area contributed by atoms with Crippen molar-refractivity contribution < 1.29 is 16.8 Å². The molecule has 1 N–H and O–H groups in total. The van der Waals surface area contributed by atoms with Crippen molar-refractivity contribution in [1.29, 1.82) is 0 Å². The first-order chi connectivity index (χ1) is 8.74. The quantitative estimate of drug-likeness (QED) is 0.717. The molecule has 0 bridgehead atoms. The summed E-state index contributed by atoms with van der Waals surface area (Å²) >= 11 is 0. The third-order valence-electron chi connectivity index (χ3n) is 3.09. The van der Waals surface area contributed by atoms with Crippen LogP contribution in [0.2, 0.25) is 0 Å². The zero-order valence-corrected chi connectivity index (χ0v) is 13.3. The molecule has 1 atom stereocenters. The van der Waals surface area contributed by atoms with E-state index in [0.29, 0.717) is 19.5 Å². The van der Waals surface area contributed by atoms with Gasteiger partial charge in [0.15, 0.2) is 14.9 Å². The van der Waals surface area contributed by atoms with Crippen molar-refractivity contribution in [2.45, 2.75) is 26.2 Å². The Labute approximate surface area is 116 Å². The van der Waals surface area contributed by atoms with Crippen LogP contribution in [0.3, 0.4) is 0 Å². The fraction of sp³-hybridized carbons (Fsp3) is 1.00. The maximum absolute atomic E-state index is 12.1. The van der Waals surface area contributed by atoms with Crippen LogP contribution in [0.25, 0.3) is 0 Å². The zero-order chi connectivity index (χ0) is 14.5. The highest BCUT2D eigenvalue weighted by Gasteiger charge is 2.28. The normalized spacial score (nSPS) is 21.7. The Morgan fingerprint density at radius 2 is 1.95 bits per heavy atom. The summed E-state index contributed by atoms with van der Waals surface area (Å²) in [6.07, 6.45) is 3.67. The van der Waals surface area contributed by atoms with Gasteiger partial charge < -0.3 is 5.32 Å². The maximum atomic E-state index is 12.1. The Bertz CT molecular complexity index is 467. The predicted octanol–water partition coefficient (Wildman–Crippen LogP) is 0.0299. The molecule has 1 saturated heterocycles. The number of nitrogens with zero attached hydrogens (tertiary/aromatic N) is 1. The third-order valence-corrected chi connectivity index (χ3v) is 7.11. The lowest BCUT2D eigenvalue weighted by molar-refractivity contribution is 0.292. The molecule has 6 nitrogen and oxygen atoms in total. The standard InChI is InChI=1S/C11H24N2O4S2/c1-3-7-13(9-11-5-4-6-12-8-11)19(16,17)10-18(2,14)15/h11-12H,3-10H2,1-2H3. The van der Waals surface area contributed by atoms with E-state index in [4.69, 9.17) is 0 Å². The van der Waals surface area contributed by atoms with Gasteiger partial charge in [0, 0.05) is 19.3 Å². The minimum Gasteiger partial charge on any atom is -0.316 e. The minimum absolute atomic E-state index is 0.273. The largest absolute Gasteiger partial charge is 0.316 e. The van der Waals surface area contributed by atoms with E-state index in [1.807, 2.05) is 6.92 Å². The molecule has 1 rings (SSSR count). The lowest BCUT2D eigenvalue weighted by Crippen LogP contribution is -2.43. The van der Waals surface area contributed by atoms with E-state index in [0.717, 1.165) is 32.2 Å². The van der Waals surface area contributed by atoms with Crippen molar-refractivity contribution in [3.63, 3.8) is 0 Å². The van der Waals surface area contributed by atoms with Crippen LogP contribution < -0.4 is 5.32 Å². The Morgan fingerprint density at radius 3 is 2.42 bits per heavy atom. The molecule has 0 amide bonds. The summed E-state index contributed by atoms with van der Waals surface area (Å²) in [5, 5.41) is 2.45. The van der Waals surface area contributed by atoms with Gasteiger partial charge in [0.05, 0.1) is 0 Å². The second-order valence-electron chi connectivity index (χ2n) is 5.23. The minimum atomic E-state index is -3.72. The molecule has 0 spiro atoms. The number of piperidine rings is 1. The molecule has 114 valence electrons. The molecule has 1 unspecified atom stereocenters. The second kappa shape index (κ2) is 7.01. The fourth-order valence-corrected chi connectivity index (χ4v) is 5.97. The van der Waals surface area contributed by atoms with Crippen LogP contribution >= 0.6 is 0 Å². The van der Waals surface area contributed by atoms with Gasteiger partial charge in [0.1, 0.15) is 0 Å². The molecule has 1 heterocycles. The van der Waals surface area contributed by atoms with Crippen molar-refractivity contribution >= 4 is 19.9 Å². The van der Waals surface area contributed by atoms with Crippen LogP contribution in [0.4, 0.5) is 0 Å². The molecule has 1 aliphatic rings. The average Bonchev–Trinajstić information content (AvgIpc) is 2.26. The van der Waals surface area contributed by atoms with Gasteiger partial charge in [-0.3, -0.25) is 0 Å². The predicted molar refractivity (Wildman–Crippen MR) is 76.1 cm³/mol. The van der Waals surface area contributed by atoms with E-state index in [1.165, 1.54) is 4.31 Å². The number of sulfonamides is 1. The van der Waals surface area contributed by atoms with E-state index in [2.05, 4.69) is 5.32 Å². The fourth-order valence-electron chi connectivity index (χ4n) is 2.31. The van der Waals surface area contributed by atoms with Gasteiger partial charge in [0.25, 0.3) is 0 Å². The molecule has 0 radical (unpaired) electrons. The zero-order valence-electron chi connectivity index (χ0n) is 11.6. The van der Waals surface area contributed by atoms with E-state index < -0.39 is 24.9 Å². The highest BCUT2D eigenvalue weighted by atomic mass is 32.3. The molecule has 0 aromatic heterocycles. The molecule has 0 aromatic carbocycles. The summed E-state index contributed by atoms with van der Waals surface area (Å²) < 4.78 is 48.1.